The summed E-state index contributed by atoms with van der Waals surface area (Å²) in [7, 11) is 0. The number of benzene rings is 1. The van der Waals surface area contributed by atoms with Crippen LogP contribution < -0.4 is 15.5 Å². The van der Waals surface area contributed by atoms with Gasteiger partial charge in [-0.15, -0.1) is 11.3 Å². The second-order valence-corrected chi connectivity index (χ2v) is 7.72. The summed E-state index contributed by atoms with van der Waals surface area (Å²) in [5.41, 5.74) is 3.00. The zero-order valence-corrected chi connectivity index (χ0v) is 17.4. The Labute approximate surface area is 174 Å². The molecule has 29 heavy (non-hydrogen) atoms. The van der Waals surface area contributed by atoms with Crippen molar-refractivity contribution >= 4 is 40.5 Å². The number of anilines is 2. The number of hydrogen-bond acceptors (Lipinski definition) is 6. The molecule has 3 rings (SSSR count). The molecule has 0 bridgehead atoms. The molecule has 1 aliphatic heterocycles. The fourth-order valence-corrected chi connectivity index (χ4v) is 3.89. The number of carbonyl (C=O) groups is 3. The van der Waals surface area contributed by atoms with Crippen LogP contribution in [0.4, 0.5) is 11.4 Å². The van der Waals surface area contributed by atoms with Crippen LogP contribution in [0.15, 0.2) is 35.7 Å². The third-order valence-corrected chi connectivity index (χ3v) is 5.67. The molecule has 7 nitrogen and oxygen atoms in total. The summed E-state index contributed by atoms with van der Waals surface area (Å²) in [5, 5.41) is 7.37. The number of amides is 2. The van der Waals surface area contributed by atoms with E-state index < -0.39 is 12.0 Å². The highest BCUT2D eigenvalue weighted by Gasteiger charge is 2.21. The maximum absolute atomic E-state index is 12.2. The van der Waals surface area contributed by atoms with Crippen LogP contribution in [0, 0.1) is 0 Å². The van der Waals surface area contributed by atoms with E-state index in [1.165, 1.54) is 11.3 Å². The number of carbonyl (C=O) groups excluding carboxylic acids is 3. The molecule has 0 radical (unpaired) electrons. The van der Waals surface area contributed by atoms with Gasteiger partial charge < -0.3 is 20.3 Å². The first-order valence-electron chi connectivity index (χ1n) is 9.67. The normalized spacial score (nSPS) is 13.8. The van der Waals surface area contributed by atoms with Crippen LogP contribution in [0.1, 0.15) is 35.5 Å². The molecular formula is C21H25N3O4S. The zero-order valence-electron chi connectivity index (χ0n) is 16.6. The van der Waals surface area contributed by atoms with Gasteiger partial charge in [0.1, 0.15) is 12.6 Å². The number of thiophene rings is 1. The quantitative estimate of drug-likeness (QED) is 0.648. The van der Waals surface area contributed by atoms with Gasteiger partial charge in [0.05, 0.1) is 11.4 Å². The smallest absolute Gasteiger partial charge is 0.328 e. The molecule has 2 aromatic rings. The van der Waals surface area contributed by atoms with Crippen LogP contribution in [0.25, 0.3) is 0 Å². The van der Waals surface area contributed by atoms with Crippen LogP contribution in [0.2, 0.25) is 0 Å². The van der Waals surface area contributed by atoms with Crippen molar-refractivity contribution in [3.8, 4) is 0 Å². The van der Waals surface area contributed by atoms with Crippen molar-refractivity contribution < 1.29 is 19.1 Å². The van der Waals surface area contributed by atoms with Gasteiger partial charge in [-0.3, -0.25) is 9.59 Å². The highest BCUT2D eigenvalue weighted by Crippen LogP contribution is 2.31. The molecule has 0 spiro atoms. The Balaban J connectivity index is 1.53. The van der Waals surface area contributed by atoms with Gasteiger partial charge in [0.2, 0.25) is 5.91 Å². The number of hydrogen-bond donors (Lipinski definition) is 2. The van der Waals surface area contributed by atoms with E-state index in [1.54, 1.807) is 19.1 Å². The number of nitrogens with one attached hydrogen (secondary N) is 2. The summed E-state index contributed by atoms with van der Waals surface area (Å²) in [6, 6.07) is 8.61. The standard InChI is InChI=1S/C21H25N3O4S/c1-3-24(17-7-4-6-16-15(17)9-10-19(25)23-16)11-12-28-21(27)14(2)22-20(26)18-8-5-13-29-18/h4-8,13-14H,3,9-12H2,1-2H3,(H,22,26)(H,23,25)/t14-/m0/s1. The van der Waals surface area contributed by atoms with Crippen molar-refractivity contribution in [3.63, 3.8) is 0 Å². The number of likely N-dealkylation sites (N-methyl/N-ethyl adjacent to an activating group) is 1. The molecule has 2 heterocycles. The second kappa shape index (κ2) is 9.56. The molecular weight excluding hydrogens is 390 g/mol. The van der Waals surface area contributed by atoms with Gasteiger partial charge in [0.15, 0.2) is 0 Å². The molecule has 1 aromatic carbocycles. The molecule has 1 aromatic heterocycles. The fourth-order valence-electron chi connectivity index (χ4n) is 3.27. The molecule has 0 fully saturated rings. The van der Waals surface area contributed by atoms with Crippen LogP contribution in [0.3, 0.4) is 0 Å². The molecule has 0 saturated carbocycles. The zero-order chi connectivity index (χ0) is 20.8. The first-order chi connectivity index (χ1) is 14.0. The molecule has 2 amide bonds. The third-order valence-electron chi connectivity index (χ3n) is 4.80. The maximum atomic E-state index is 12.2. The molecule has 154 valence electrons. The molecule has 0 aliphatic carbocycles. The summed E-state index contributed by atoms with van der Waals surface area (Å²) >= 11 is 1.32. The summed E-state index contributed by atoms with van der Waals surface area (Å²) in [6.07, 6.45) is 1.16. The Morgan fingerprint density at radius 3 is 2.83 bits per heavy atom. The Kier molecular flexibility index (Phi) is 6.87. The average molecular weight is 416 g/mol. The number of rotatable bonds is 8. The molecule has 1 aliphatic rings. The monoisotopic (exact) mass is 415 g/mol. The van der Waals surface area contributed by atoms with Gasteiger partial charge in [0, 0.05) is 24.3 Å². The van der Waals surface area contributed by atoms with Crippen LogP contribution in [0.5, 0.6) is 0 Å². The van der Waals surface area contributed by atoms with Gasteiger partial charge >= 0.3 is 5.97 Å². The van der Waals surface area contributed by atoms with E-state index in [2.05, 4.69) is 15.5 Å². The first-order valence-corrected chi connectivity index (χ1v) is 10.5. The van der Waals surface area contributed by atoms with Gasteiger partial charge in [0.25, 0.3) is 5.91 Å². The Morgan fingerprint density at radius 2 is 2.10 bits per heavy atom. The lowest BCUT2D eigenvalue weighted by Gasteiger charge is -2.29. The fraction of sp³-hybridized carbons (Fsp3) is 0.381. The number of nitrogens with zero attached hydrogens (tertiary/aromatic N) is 1. The summed E-state index contributed by atoms with van der Waals surface area (Å²) in [4.78, 5) is 38.6. The summed E-state index contributed by atoms with van der Waals surface area (Å²) < 4.78 is 5.38. The van der Waals surface area contributed by atoms with Crippen molar-refractivity contribution in [2.45, 2.75) is 32.7 Å². The third kappa shape index (κ3) is 5.14. The van der Waals surface area contributed by atoms with Crippen LogP contribution >= 0.6 is 11.3 Å². The van der Waals surface area contributed by atoms with Crippen LogP contribution in [-0.4, -0.2) is 43.5 Å². The van der Waals surface area contributed by atoms with E-state index in [4.69, 9.17) is 4.74 Å². The van der Waals surface area contributed by atoms with E-state index in [0.717, 1.165) is 23.5 Å². The Hall–Kier alpha value is -2.87. The molecule has 0 saturated heterocycles. The lowest BCUT2D eigenvalue weighted by Crippen LogP contribution is -2.40. The van der Waals surface area contributed by atoms with E-state index >= 15 is 0 Å². The molecule has 8 heteroatoms. The summed E-state index contributed by atoms with van der Waals surface area (Å²) in [6.45, 7) is 5.13. The first kappa shape index (κ1) is 20.9. The highest BCUT2D eigenvalue weighted by molar-refractivity contribution is 7.12. The van der Waals surface area contributed by atoms with Gasteiger partial charge in [-0.05, 0) is 49.4 Å². The average Bonchev–Trinajstić information content (AvgIpc) is 3.25. The van der Waals surface area contributed by atoms with Gasteiger partial charge in [-0.1, -0.05) is 12.1 Å². The second-order valence-electron chi connectivity index (χ2n) is 6.77. The van der Waals surface area contributed by atoms with Crippen molar-refractivity contribution in [1.82, 2.24) is 5.32 Å². The van der Waals surface area contributed by atoms with E-state index in [1.807, 2.05) is 30.5 Å². The Morgan fingerprint density at radius 1 is 1.28 bits per heavy atom. The van der Waals surface area contributed by atoms with Crippen molar-refractivity contribution in [3.05, 3.63) is 46.2 Å². The summed E-state index contributed by atoms with van der Waals surface area (Å²) in [5.74, 6) is -0.712. The largest absolute Gasteiger partial charge is 0.462 e. The maximum Gasteiger partial charge on any atom is 0.328 e. The number of esters is 1. The SMILES string of the molecule is CCN(CCOC(=O)[C@H](C)NC(=O)c1cccs1)c1cccc2c1CCC(=O)N2. The lowest BCUT2D eigenvalue weighted by molar-refractivity contribution is -0.145. The predicted molar refractivity (Wildman–Crippen MR) is 113 cm³/mol. The van der Waals surface area contributed by atoms with Crippen molar-refractivity contribution in [1.29, 1.82) is 0 Å². The number of ether oxygens (including phenoxy) is 1. The molecule has 0 unspecified atom stereocenters. The van der Waals surface area contributed by atoms with E-state index in [0.29, 0.717) is 24.3 Å². The van der Waals surface area contributed by atoms with E-state index in [9.17, 15) is 14.4 Å². The topological polar surface area (TPSA) is 87.7 Å². The predicted octanol–water partition coefficient (Wildman–Crippen LogP) is 2.82. The number of fused-ring (bicyclic) bond motifs is 1. The van der Waals surface area contributed by atoms with Gasteiger partial charge in [-0.25, -0.2) is 4.79 Å². The van der Waals surface area contributed by atoms with Gasteiger partial charge in [-0.2, -0.15) is 0 Å². The Bertz CT molecular complexity index is 882. The van der Waals surface area contributed by atoms with Crippen molar-refractivity contribution in [2.24, 2.45) is 0 Å². The minimum absolute atomic E-state index is 0.0326. The van der Waals surface area contributed by atoms with Crippen molar-refractivity contribution in [2.75, 3.05) is 29.9 Å². The lowest BCUT2D eigenvalue weighted by atomic mass is 10.00. The molecule has 2 N–H and O–H groups in total. The highest BCUT2D eigenvalue weighted by atomic mass is 32.1. The minimum atomic E-state index is -0.723. The minimum Gasteiger partial charge on any atom is -0.462 e. The van der Waals surface area contributed by atoms with E-state index in [-0.39, 0.29) is 18.4 Å². The molecule has 1 atom stereocenters. The van der Waals surface area contributed by atoms with Crippen LogP contribution in [-0.2, 0) is 20.7 Å².